The number of hydrogen-bond acceptors (Lipinski definition) is 3. The van der Waals surface area contributed by atoms with Crippen molar-refractivity contribution in [3.63, 3.8) is 0 Å². The quantitative estimate of drug-likeness (QED) is 0.920. The van der Waals surface area contributed by atoms with Gasteiger partial charge in [-0.05, 0) is 12.1 Å². The van der Waals surface area contributed by atoms with Gasteiger partial charge in [-0.25, -0.2) is 0 Å². The van der Waals surface area contributed by atoms with Gasteiger partial charge in [0.1, 0.15) is 12.3 Å². The predicted octanol–water partition coefficient (Wildman–Crippen LogP) is 1.75. The number of carbonyl (C=O) groups is 1. The van der Waals surface area contributed by atoms with Crippen LogP contribution in [-0.4, -0.2) is 22.8 Å². The number of aromatic nitrogens is 1. The van der Waals surface area contributed by atoms with Crippen LogP contribution in [0.15, 0.2) is 29.2 Å². The Kier molecular flexibility index (Phi) is 3.25. The maximum absolute atomic E-state index is 11.8. The van der Waals surface area contributed by atoms with Crippen LogP contribution in [0, 0.1) is 0 Å². The molecule has 0 aliphatic rings. The molecular formula is C12H10ClNO4. The summed E-state index contributed by atoms with van der Waals surface area (Å²) in [6.45, 7) is -0.270. The number of halogens is 1. The van der Waals surface area contributed by atoms with Gasteiger partial charge in [0.25, 0.3) is 0 Å². The lowest BCUT2D eigenvalue weighted by atomic mass is 10.2. The van der Waals surface area contributed by atoms with E-state index >= 15 is 0 Å². The van der Waals surface area contributed by atoms with Crippen LogP contribution >= 0.6 is 11.6 Å². The van der Waals surface area contributed by atoms with Crippen molar-refractivity contribution in [2.24, 2.45) is 0 Å². The number of methoxy groups -OCH3 is 1. The number of aliphatic carboxylic acids is 1. The highest BCUT2D eigenvalue weighted by Gasteiger charge is 2.13. The Labute approximate surface area is 107 Å². The maximum atomic E-state index is 11.8. The fourth-order valence-corrected chi connectivity index (χ4v) is 2.07. The normalized spacial score (nSPS) is 10.6. The number of ether oxygens (including phenoxy) is 1. The molecule has 0 radical (unpaired) electrons. The molecule has 2 aromatic rings. The first kappa shape index (κ1) is 12.4. The molecule has 1 heterocycles. The Morgan fingerprint density at radius 1 is 1.44 bits per heavy atom. The summed E-state index contributed by atoms with van der Waals surface area (Å²) in [5.74, 6) is -0.602. The lowest BCUT2D eigenvalue weighted by molar-refractivity contribution is -0.137. The summed E-state index contributed by atoms with van der Waals surface area (Å²) >= 11 is 5.98. The molecule has 0 amide bonds. The summed E-state index contributed by atoms with van der Waals surface area (Å²) in [5, 5.41) is 9.39. The Balaban J connectivity index is 2.89. The van der Waals surface area contributed by atoms with Gasteiger partial charge >= 0.3 is 5.97 Å². The Morgan fingerprint density at radius 2 is 2.17 bits per heavy atom. The number of benzene rings is 1. The second-order valence-electron chi connectivity index (χ2n) is 3.67. The smallest absolute Gasteiger partial charge is 0.323 e. The van der Waals surface area contributed by atoms with Crippen molar-refractivity contribution in [1.29, 1.82) is 0 Å². The number of rotatable bonds is 3. The van der Waals surface area contributed by atoms with Crippen LogP contribution in [0.3, 0.4) is 0 Å². The van der Waals surface area contributed by atoms with Crippen molar-refractivity contribution < 1.29 is 14.6 Å². The van der Waals surface area contributed by atoms with Crippen LogP contribution in [0.25, 0.3) is 10.9 Å². The molecule has 0 aliphatic heterocycles. The van der Waals surface area contributed by atoms with Gasteiger partial charge in [0.2, 0.25) is 0 Å². The molecule has 6 heteroatoms. The van der Waals surface area contributed by atoms with Crippen LogP contribution in [0.4, 0.5) is 0 Å². The zero-order chi connectivity index (χ0) is 13.3. The minimum atomic E-state index is -1.01. The minimum absolute atomic E-state index is 0.264. The predicted molar refractivity (Wildman–Crippen MR) is 67.4 cm³/mol. The largest absolute Gasteiger partial charge is 0.495 e. The summed E-state index contributed by atoms with van der Waals surface area (Å²) in [5.41, 5.74) is 0.121. The van der Waals surface area contributed by atoms with E-state index in [0.29, 0.717) is 11.3 Å². The number of hydrogen-bond donors (Lipinski definition) is 1. The molecule has 5 nitrogen and oxygen atoms in total. The molecule has 0 aliphatic carbocycles. The standard InChI is InChI=1S/C12H10ClNO4/c1-18-9-3-2-7(13)11-8(15)4-5-14(12(9)11)6-10(16)17/h2-5H,6H2,1H3,(H,16,17). The van der Waals surface area contributed by atoms with Crippen molar-refractivity contribution in [2.75, 3.05) is 7.11 Å². The molecule has 0 unspecified atom stereocenters. The highest BCUT2D eigenvalue weighted by Crippen LogP contribution is 2.28. The minimum Gasteiger partial charge on any atom is -0.495 e. The van der Waals surface area contributed by atoms with E-state index in [1.807, 2.05) is 0 Å². The molecule has 94 valence electrons. The fourth-order valence-electron chi connectivity index (χ4n) is 1.82. The summed E-state index contributed by atoms with van der Waals surface area (Å²) < 4.78 is 6.57. The Morgan fingerprint density at radius 3 is 2.78 bits per heavy atom. The van der Waals surface area contributed by atoms with Crippen molar-refractivity contribution in [1.82, 2.24) is 4.57 Å². The molecule has 18 heavy (non-hydrogen) atoms. The van der Waals surface area contributed by atoms with E-state index in [9.17, 15) is 9.59 Å². The number of pyridine rings is 1. The van der Waals surface area contributed by atoms with Crippen LogP contribution in [0.1, 0.15) is 0 Å². The topological polar surface area (TPSA) is 68.5 Å². The average molecular weight is 268 g/mol. The number of nitrogens with zero attached hydrogens (tertiary/aromatic N) is 1. The SMILES string of the molecule is COc1ccc(Cl)c2c(=O)ccn(CC(=O)O)c12. The first-order valence-electron chi connectivity index (χ1n) is 5.12. The van der Waals surface area contributed by atoms with E-state index in [4.69, 9.17) is 21.4 Å². The zero-order valence-electron chi connectivity index (χ0n) is 9.51. The van der Waals surface area contributed by atoms with Crippen LogP contribution < -0.4 is 10.2 Å². The van der Waals surface area contributed by atoms with Crippen molar-refractivity contribution in [3.05, 3.63) is 39.6 Å². The van der Waals surface area contributed by atoms with Crippen LogP contribution in [0.2, 0.25) is 5.02 Å². The molecular weight excluding hydrogens is 258 g/mol. The van der Waals surface area contributed by atoms with E-state index in [2.05, 4.69) is 0 Å². The van der Waals surface area contributed by atoms with E-state index in [-0.39, 0.29) is 22.4 Å². The Bertz CT molecular complexity index is 678. The van der Waals surface area contributed by atoms with Crippen LogP contribution in [-0.2, 0) is 11.3 Å². The van der Waals surface area contributed by atoms with Crippen LogP contribution in [0.5, 0.6) is 5.75 Å². The van der Waals surface area contributed by atoms with Gasteiger partial charge in [-0.2, -0.15) is 0 Å². The van der Waals surface area contributed by atoms with Gasteiger partial charge < -0.3 is 14.4 Å². The molecule has 0 saturated heterocycles. The Hall–Kier alpha value is -2.01. The lowest BCUT2D eigenvalue weighted by Gasteiger charge is -2.12. The van der Waals surface area contributed by atoms with Gasteiger partial charge in [-0.15, -0.1) is 0 Å². The van der Waals surface area contributed by atoms with E-state index < -0.39 is 5.97 Å². The average Bonchev–Trinajstić information content (AvgIpc) is 2.32. The van der Waals surface area contributed by atoms with E-state index in [1.54, 1.807) is 12.1 Å². The van der Waals surface area contributed by atoms with Gasteiger partial charge in [0.15, 0.2) is 5.43 Å². The molecule has 0 spiro atoms. The van der Waals surface area contributed by atoms with Gasteiger partial charge in [-0.3, -0.25) is 9.59 Å². The molecule has 1 aromatic carbocycles. The highest BCUT2D eigenvalue weighted by molar-refractivity contribution is 6.35. The first-order chi connectivity index (χ1) is 8.54. The third-order valence-electron chi connectivity index (χ3n) is 2.56. The third-order valence-corrected chi connectivity index (χ3v) is 2.87. The molecule has 2 rings (SSSR count). The summed E-state index contributed by atoms with van der Waals surface area (Å²) in [6.07, 6.45) is 1.41. The van der Waals surface area contributed by atoms with Crippen molar-refractivity contribution >= 4 is 28.5 Å². The second-order valence-corrected chi connectivity index (χ2v) is 4.08. The zero-order valence-corrected chi connectivity index (χ0v) is 10.3. The van der Waals surface area contributed by atoms with E-state index in [1.165, 1.54) is 23.9 Å². The lowest BCUT2D eigenvalue weighted by Crippen LogP contribution is -2.14. The van der Waals surface area contributed by atoms with Gasteiger partial charge in [-0.1, -0.05) is 11.6 Å². The fraction of sp³-hybridized carbons (Fsp3) is 0.167. The van der Waals surface area contributed by atoms with Crippen molar-refractivity contribution in [2.45, 2.75) is 6.54 Å². The summed E-state index contributed by atoms with van der Waals surface area (Å²) in [7, 11) is 1.45. The molecule has 0 fully saturated rings. The second kappa shape index (κ2) is 4.70. The molecule has 0 atom stereocenters. The van der Waals surface area contributed by atoms with Gasteiger partial charge in [0.05, 0.1) is 23.0 Å². The molecule has 1 aromatic heterocycles. The van der Waals surface area contributed by atoms with Crippen molar-refractivity contribution in [3.8, 4) is 5.75 Å². The summed E-state index contributed by atoms with van der Waals surface area (Å²) in [6, 6.07) is 4.44. The van der Waals surface area contributed by atoms with Gasteiger partial charge in [0, 0.05) is 12.3 Å². The third kappa shape index (κ3) is 2.04. The molecule has 0 saturated carbocycles. The monoisotopic (exact) mass is 267 g/mol. The highest BCUT2D eigenvalue weighted by atomic mass is 35.5. The van der Waals surface area contributed by atoms with E-state index in [0.717, 1.165) is 0 Å². The first-order valence-corrected chi connectivity index (χ1v) is 5.50. The summed E-state index contributed by atoms with van der Waals surface area (Å²) in [4.78, 5) is 22.6. The number of carboxylic acids is 1. The number of fused-ring (bicyclic) bond motifs is 1. The molecule has 0 bridgehead atoms. The maximum Gasteiger partial charge on any atom is 0.323 e. The molecule has 1 N–H and O–H groups in total. The number of carboxylic acid groups (broad SMARTS) is 1.